The van der Waals surface area contributed by atoms with E-state index in [0.29, 0.717) is 0 Å². The van der Waals surface area contributed by atoms with Gasteiger partial charge >= 0.3 is 23.6 Å². The topological polar surface area (TPSA) is 168 Å². The van der Waals surface area contributed by atoms with Crippen molar-refractivity contribution in [3.63, 3.8) is 0 Å². The summed E-state index contributed by atoms with van der Waals surface area (Å²) in [4.78, 5) is 56.2. The average Bonchev–Trinajstić information content (AvgIpc) is 3.11. The second kappa shape index (κ2) is 8.95. The van der Waals surface area contributed by atoms with E-state index in [2.05, 4.69) is 9.97 Å². The van der Waals surface area contributed by atoms with Gasteiger partial charge in [-0.15, -0.1) is 0 Å². The number of rotatable bonds is 5. The fourth-order valence-corrected chi connectivity index (χ4v) is 3.20. The molecule has 13 nitrogen and oxygen atoms in total. The molecule has 0 bridgehead atoms. The summed E-state index contributed by atoms with van der Waals surface area (Å²) in [6.07, 6.45) is -0.355. The molecular weight excluding hydrogens is 428 g/mol. The maximum absolute atomic E-state index is 12.4. The molecule has 2 aliphatic rings. The van der Waals surface area contributed by atoms with Crippen molar-refractivity contribution in [1.29, 1.82) is 0 Å². The van der Waals surface area contributed by atoms with Gasteiger partial charge in [0.15, 0.2) is 24.3 Å². The molecule has 32 heavy (non-hydrogen) atoms. The van der Waals surface area contributed by atoms with Crippen LogP contribution in [0.3, 0.4) is 0 Å². The third-order valence-corrected chi connectivity index (χ3v) is 4.62. The summed E-state index contributed by atoms with van der Waals surface area (Å²) in [7, 11) is 0. The quantitative estimate of drug-likeness (QED) is 0.348. The van der Waals surface area contributed by atoms with E-state index in [0.717, 1.165) is 16.7 Å². The zero-order valence-corrected chi connectivity index (χ0v) is 16.2. The van der Waals surface area contributed by atoms with Crippen LogP contribution >= 0.6 is 0 Å². The van der Waals surface area contributed by atoms with Crippen LogP contribution in [0, 0.1) is 0 Å². The van der Waals surface area contributed by atoms with Gasteiger partial charge in [0.1, 0.15) is 18.4 Å². The number of esters is 3. The second-order valence-electron chi connectivity index (χ2n) is 6.63. The predicted molar refractivity (Wildman–Crippen MR) is 101 cm³/mol. The molecule has 0 aliphatic carbocycles. The van der Waals surface area contributed by atoms with Gasteiger partial charge in [0.2, 0.25) is 0 Å². The van der Waals surface area contributed by atoms with Crippen molar-refractivity contribution >= 4 is 23.7 Å². The van der Waals surface area contributed by atoms with Crippen LogP contribution in [0.2, 0.25) is 0 Å². The van der Waals surface area contributed by atoms with E-state index in [4.69, 9.17) is 24.2 Å². The highest BCUT2D eigenvalue weighted by Crippen LogP contribution is 2.34. The molecule has 1 fully saturated rings. The van der Waals surface area contributed by atoms with Crippen LogP contribution in [-0.4, -0.2) is 62.6 Å². The summed E-state index contributed by atoms with van der Waals surface area (Å²) in [6.45, 7) is -0.389. The zero-order chi connectivity index (χ0) is 22.7. The van der Waals surface area contributed by atoms with Crippen LogP contribution in [0.15, 0.2) is 53.6 Å². The lowest BCUT2D eigenvalue weighted by Gasteiger charge is -2.25. The third-order valence-electron chi connectivity index (χ3n) is 4.62. The van der Waals surface area contributed by atoms with Crippen LogP contribution in [0.5, 0.6) is 0 Å². The van der Waals surface area contributed by atoms with E-state index in [1.165, 1.54) is 24.5 Å². The van der Waals surface area contributed by atoms with Crippen LogP contribution in [0.25, 0.3) is 0 Å². The molecule has 1 unspecified atom stereocenters. The number of fused-ring (bicyclic) bond motifs is 1. The van der Waals surface area contributed by atoms with E-state index < -0.39 is 48.1 Å². The van der Waals surface area contributed by atoms with Gasteiger partial charge in [-0.2, -0.15) is 4.98 Å². The number of aromatic nitrogens is 3. The molecule has 2 aliphatic heterocycles. The number of hydrogen-bond donors (Lipinski definition) is 2. The molecule has 4 heterocycles. The van der Waals surface area contributed by atoms with Crippen molar-refractivity contribution in [3.05, 3.63) is 65.0 Å². The molecule has 2 N–H and O–H groups in total. The van der Waals surface area contributed by atoms with Gasteiger partial charge in [-0.25, -0.2) is 24.2 Å². The number of hydrogen-bond acceptors (Lipinski definition) is 12. The Labute approximate surface area is 179 Å². The largest absolute Gasteiger partial charge is 0.458 e. The highest BCUT2D eigenvalue weighted by molar-refractivity contribution is 5.92. The lowest BCUT2D eigenvalue weighted by molar-refractivity contribution is -0.164. The first-order valence-electron chi connectivity index (χ1n) is 9.28. The molecule has 4 rings (SSSR count). The fourth-order valence-electron chi connectivity index (χ4n) is 3.20. The number of anilines is 1. The predicted octanol–water partition coefficient (Wildman–Crippen LogP) is -0.413. The van der Waals surface area contributed by atoms with Crippen LogP contribution in [-0.2, 0) is 28.5 Å². The Balaban J connectivity index is 1.61. The molecule has 2 aromatic rings. The van der Waals surface area contributed by atoms with Gasteiger partial charge < -0.3 is 18.9 Å². The highest BCUT2D eigenvalue weighted by Gasteiger charge is 2.51. The van der Waals surface area contributed by atoms with Crippen molar-refractivity contribution < 1.29 is 38.5 Å². The number of pyridine rings is 1. The molecule has 166 valence electrons. The van der Waals surface area contributed by atoms with E-state index in [1.54, 1.807) is 17.6 Å². The summed E-state index contributed by atoms with van der Waals surface area (Å²) in [5.74, 6) is -2.57. The molecule has 2 aromatic heterocycles. The normalized spacial score (nSPS) is 25.5. The number of nitrogens with one attached hydrogen (secondary N) is 1. The minimum absolute atomic E-state index is 0.0510. The SMILES string of the molecule is O=C1/C=C\C(=O)O[C@H]2C(O1)[C@@H](COC(=O)c1ccccn1)O[C@H]2n1ccc(NO)nc1=O. The number of carbonyl (C=O) groups is 3. The van der Waals surface area contributed by atoms with Gasteiger partial charge in [0.05, 0.1) is 0 Å². The highest BCUT2D eigenvalue weighted by atomic mass is 16.7. The molecule has 0 saturated carbocycles. The average molecular weight is 444 g/mol. The zero-order valence-electron chi connectivity index (χ0n) is 16.2. The Morgan fingerprint density at radius 3 is 2.53 bits per heavy atom. The van der Waals surface area contributed by atoms with Crippen molar-refractivity contribution in [3.8, 4) is 0 Å². The van der Waals surface area contributed by atoms with E-state index in [1.807, 2.05) is 0 Å². The molecule has 1 saturated heterocycles. The molecular formula is C19H16N4O9. The third kappa shape index (κ3) is 4.33. The minimum atomic E-state index is -1.26. The van der Waals surface area contributed by atoms with Gasteiger partial charge in [-0.3, -0.25) is 15.3 Å². The van der Waals surface area contributed by atoms with Gasteiger partial charge in [-0.05, 0) is 18.2 Å². The van der Waals surface area contributed by atoms with Crippen molar-refractivity contribution in [2.45, 2.75) is 24.5 Å². The Morgan fingerprint density at radius 2 is 1.88 bits per heavy atom. The maximum Gasteiger partial charge on any atom is 0.357 e. The lowest BCUT2D eigenvalue weighted by atomic mass is 10.1. The van der Waals surface area contributed by atoms with Crippen molar-refractivity contribution in [2.75, 3.05) is 12.1 Å². The summed E-state index contributed by atoms with van der Waals surface area (Å²) < 4.78 is 22.7. The molecule has 0 spiro atoms. The first-order valence-corrected chi connectivity index (χ1v) is 9.28. The van der Waals surface area contributed by atoms with Gasteiger partial charge in [0.25, 0.3) is 0 Å². The van der Waals surface area contributed by atoms with Gasteiger partial charge in [0, 0.05) is 24.5 Å². The van der Waals surface area contributed by atoms with E-state index in [-0.39, 0.29) is 18.1 Å². The first kappa shape index (κ1) is 21.1. The molecule has 0 radical (unpaired) electrons. The number of carbonyl (C=O) groups excluding carboxylic acids is 3. The monoisotopic (exact) mass is 444 g/mol. The summed E-state index contributed by atoms with van der Waals surface area (Å²) in [5, 5.41) is 8.92. The molecule has 13 heteroatoms. The Morgan fingerprint density at radius 1 is 1.12 bits per heavy atom. The molecule has 0 aromatic carbocycles. The summed E-state index contributed by atoms with van der Waals surface area (Å²) in [6, 6.07) is 5.96. The smallest absolute Gasteiger partial charge is 0.357 e. The lowest BCUT2D eigenvalue weighted by Crippen LogP contribution is -2.43. The Bertz CT molecular complexity index is 1120. The number of ether oxygens (including phenoxy) is 4. The standard InChI is InChI=1S/C19H16N4O9/c24-13-4-5-14(25)32-16-15(31-13)11(9-29-18(26)10-3-1-2-7-20-10)30-17(16)23-8-6-12(22-28)21-19(23)27/h1-8,11,15-17,28H,9H2,(H,21,22,27)/b5-4-/t11-,15?,16+,17-/m1/s1. The number of nitrogens with zero attached hydrogens (tertiary/aromatic N) is 3. The first-order chi connectivity index (χ1) is 15.5. The molecule has 0 amide bonds. The minimum Gasteiger partial charge on any atom is -0.458 e. The van der Waals surface area contributed by atoms with Crippen LogP contribution in [0.1, 0.15) is 16.7 Å². The van der Waals surface area contributed by atoms with Crippen LogP contribution < -0.4 is 11.2 Å². The van der Waals surface area contributed by atoms with Crippen molar-refractivity contribution in [2.24, 2.45) is 0 Å². The maximum atomic E-state index is 12.4. The Kier molecular flexibility index (Phi) is 5.91. The second-order valence-corrected chi connectivity index (χ2v) is 6.63. The van der Waals surface area contributed by atoms with E-state index >= 15 is 0 Å². The summed E-state index contributed by atoms with van der Waals surface area (Å²) >= 11 is 0. The van der Waals surface area contributed by atoms with Crippen LogP contribution in [0.4, 0.5) is 5.82 Å². The van der Waals surface area contributed by atoms with E-state index in [9.17, 15) is 19.2 Å². The fraction of sp³-hybridized carbons (Fsp3) is 0.263. The summed E-state index contributed by atoms with van der Waals surface area (Å²) in [5.41, 5.74) is 0.940. The van der Waals surface area contributed by atoms with Gasteiger partial charge in [-0.1, -0.05) is 6.07 Å². The Hall–Kier alpha value is -4.10. The van der Waals surface area contributed by atoms with Crippen molar-refractivity contribution in [1.82, 2.24) is 14.5 Å². The molecule has 4 atom stereocenters.